The number of anilines is 1. The van der Waals surface area contributed by atoms with Crippen molar-refractivity contribution < 1.29 is 14.7 Å². The van der Waals surface area contributed by atoms with E-state index in [0.717, 1.165) is 11.3 Å². The first-order valence-corrected chi connectivity index (χ1v) is 7.97. The Morgan fingerprint density at radius 1 is 1.04 bits per heavy atom. The number of likely N-dealkylation sites (N-methyl/N-ethyl adjacent to an activating group) is 1. The van der Waals surface area contributed by atoms with Crippen molar-refractivity contribution in [3.63, 3.8) is 0 Å². The number of aliphatic hydroxyl groups is 1. The van der Waals surface area contributed by atoms with Crippen molar-refractivity contribution in [2.75, 3.05) is 52.8 Å². The Morgan fingerprint density at radius 2 is 1.62 bits per heavy atom. The van der Waals surface area contributed by atoms with Crippen LogP contribution in [0.25, 0.3) is 0 Å². The maximum absolute atomic E-state index is 11.8. The molecule has 134 valence electrons. The molecule has 1 rings (SSSR count). The van der Waals surface area contributed by atoms with Crippen LogP contribution >= 0.6 is 0 Å². The molecule has 0 radical (unpaired) electrons. The van der Waals surface area contributed by atoms with E-state index in [4.69, 9.17) is 5.11 Å². The molecule has 0 spiro atoms. The molecular formula is C17H28N4O3. The van der Waals surface area contributed by atoms with Gasteiger partial charge in [-0.25, -0.2) is 0 Å². The number of aliphatic hydroxyl groups excluding tert-OH is 1. The summed E-state index contributed by atoms with van der Waals surface area (Å²) in [4.78, 5) is 27.5. The summed E-state index contributed by atoms with van der Waals surface area (Å²) >= 11 is 0. The van der Waals surface area contributed by atoms with Gasteiger partial charge < -0.3 is 25.5 Å². The van der Waals surface area contributed by atoms with E-state index >= 15 is 0 Å². The molecule has 1 unspecified atom stereocenters. The zero-order valence-corrected chi connectivity index (χ0v) is 14.9. The van der Waals surface area contributed by atoms with Crippen LogP contribution < -0.4 is 15.5 Å². The number of carbonyl (C=O) groups excluding carboxylic acids is 2. The van der Waals surface area contributed by atoms with Gasteiger partial charge in [0.25, 0.3) is 0 Å². The van der Waals surface area contributed by atoms with E-state index in [2.05, 4.69) is 10.6 Å². The highest BCUT2D eigenvalue weighted by molar-refractivity contribution is 6.35. The van der Waals surface area contributed by atoms with Crippen LogP contribution in [0.2, 0.25) is 0 Å². The molecule has 0 bridgehead atoms. The first-order valence-electron chi connectivity index (χ1n) is 7.97. The lowest BCUT2D eigenvalue weighted by Gasteiger charge is -2.25. The average molecular weight is 336 g/mol. The Morgan fingerprint density at radius 3 is 2.12 bits per heavy atom. The molecule has 0 heterocycles. The molecule has 1 aromatic rings. The van der Waals surface area contributed by atoms with Gasteiger partial charge in [0, 0.05) is 39.5 Å². The molecule has 24 heavy (non-hydrogen) atoms. The van der Waals surface area contributed by atoms with Crippen LogP contribution in [0.1, 0.15) is 18.0 Å². The maximum Gasteiger partial charge on any atom is 0.309 e. The SMILES string of the molecule is CN(C)c1ccc(C(CNC(=O)C(=O)NCCCO)N(C)C)cc1. The molecular weight excluding hydrogens is 308 g/mol. The van der Waals surface area contributed by atoms with E-state index in [0.29, 0.717) is 13.0 Å². The number of carbonyl (C=O) groups is 2. The molecule has 0 aromatic heterocycles. The number of rotatable bonds is 8. The number of amides is 2. The second kappa shape index (κ2) is 9.89. The lowest BCUT2D eigenvalue weighted by Crippen LogP contribution is -2.43. The fourth-order valence-electron chi connectivity index (χ4n) is 2.22. The number of hydrogen-bond donors (Lipinski definition) is 3. The minimum Gasteiger partial charge on any atom is -0.396 e. The molecule has 1 atom stereocenters. The second-order valence-corrected chi connectivity index (χ2v) is 6.01. The summed E-state index contributed by atoms with van der Waals surface area (Å²) < 4.78 is 0. The first-order chi connectivity index (χ1) is 11.4. The Kier molecular flexibility index (Phi) is 8.21. The van der Waals surface area contributed by atoms with E-state index in [1.165, 1.54) is 0 Å². The largest absolute Gasteiger partial charge is 0.396 e. The quantitative estimate of drug-likeness (QED) is 0.459. The van der Waals surface area contributed by atoms with Gasteiger partial charge in [0.2, 0.25) is 0 Å². The van der Waals surface area contributed by atoms with Gasteiger partial charge in [-0.2, -0.15) is 0 Å². The fraction of sp³-hybridized carbons (Fsp3) is 0.529. The smallest absolute Gasteiger partial charge is 0.309 e. The molecule has 1 aromatic carbocycles. The van der Waals surface area contributed by atoms with Crippen LogP contribution in [0, 0.1) is 0 Å². The predicted octanol–water partition coefficient (Wildman–Crippen LogP) is -0.0299. The van der Waals surface area contributed by atoms with Crippen molar-refractivity contribution in [3.05, 3.63) is 29.8 Å². The molecule has 7 nitrogen and oxygen atoms in total. The molecule has 3 N–H and O–H groups in total. The standard InChI is InChI=1S/C17H28N4O3/c1-20(2)14-8-6-13(7-9-14)15(21(3)4)12-19-17(24)16(23)18-10-5-11-22/h6-9,15,22H,5,10-12H2,1-4H3,(H,18,23)(H,19,24). The van der Waals surface area contributed by atoms with E-state index < -0.39 is 11.8 Å². The third kappa shape index (κ3) is 6.17. The normalized spacial score (nSPS) is 11.9. The molecule has 0 saturated carbocycles. The minimum atomic E-state index is -0.677. The third-order valence-electron chi connectivity index (χ3n) is 3.70. The van der Waals surface area contributed by atoms with Gasteiger partial charge in [-0.15, -0.1) is 0 Å². The molecule has 0 fully saturated rings. The first kappa shape index (κ1) is 19.9. The highest BCUT2D eigenvalue weighted by atomic mass is 16.3. The van der Waals surface area contributed by atoms with Crippen LogP contribution in [0.3, 0.4) is 0 Å². The number of nitrogens with zero attached hydrogens (tertiary/aromatic N) is 2. The summed E-state index contributed by atoms with van der Waals surface area (Å²) in [6.45, 7) is 0.597. The van der Waals surface area contributed by atoms with Crippen LogP contribution in [-0.4, -0.2) is 69.7 Å². The monoisotopic (exact) mass is 336 g/mol. The minimum absolute atomic E-state index is 0.0203. The van der Waals surface area contributed by atoms with Crippen LogP contribution in [-0.2, 0) is 9.59 Å². The van der Waals surface area contributed by atoms with Gasteiger partial charge in [-0.3, -0.25) is 9.59 Å². The van der Waals surface area contributed by atoms with Crippen molar-refractivity contribution in [2.24, 2.45) is 0 Å². The van der Waals surface area contributed by atoms with Crippen LogP contribution in [0.5, 0.6) is 0 Å². The lowest BCUT2D eigenvalue weighted by atomic mass is 10.1. The topological polar surface area (TPSA) is 84.9 Å². The summed E-state index contributed by atoms with van der Waals surface area (Å²) in [5.74, 6) is -1.34. The summed E-state index contributed by atoms with van der Waals surface area (Å²) in [6, 6.07) is 8.06. The van der Waals surface area contributed by atoms with Gasteiger partial charge in [0.05, 0.1) is 6.04 Å². The van der Waals surface area contributed by atoms with E-state index in [1.54, 1.807) is 0 Å². The summed E-state index contributed by atoms with van der Waals surface area (Å²) in [5.41, 5.74) is 2.16. The van der Waals surface area contributed by atoms with Gasteiger partial charge in [-0.05, 0) is 38.2 Å². The second-order valence-electron chi connectivity index (χ2n) is 6.01. The van der Waals surface area contributed by atoms with Gasteiger partial charge in [0.1, 0.15) is 0 Å². The predicted molar refractivity (Wildman–Crippen MR) is 94.9 cm³/mol. The Hall–Kier alpha value is -2.12. The highest BCUT2D eigenvalue weighted by Crippen LogP contribution is 2.20. The molecule has 0 aliphatic rings. The number of hydrogen-bond acceptors (Lipinski definition) is 5. The van der Waals surface area contributed by atoms with E-state index in [9.17, 15) is 9.59 Å². The molecule has 0 aliphatic carbocycles. The van der Waals surface area contributed by atoms with Crippen LogP contribution in [0.4, 0.5) is 5.69 Å². The molecule has 2 amide bonds. The Labute approximate surface area is 143 Å². The van der Waals surface area contributed by atoms with Crippen molar-refractivity contribution in [1.82, 2.24) is 15.5 Å². The lowest BCUT2D eigenvalue weighted by molar-refractivity contribution is -0.139. The van der Waals surface area contributed by atoms with Gasteiger partial charge in [-0.1, -0.05) is 12.1 Å². The molecule has 0 saturated heterocycles. The third-order valence-corrected chi connectivity index (χ3v) is 3.70. The van der Waals surface area contributed by atoms with Crippen molar-refractivity contribution in [3.8, 4) is 0 Å². The van der Waals surface area contributed by atoms with Crippen molar-refractivity contribution in [1.29, 1.82) is 0 Å². The average Bonchev–Trinajstić information content (AvgIpc) is 2.55. The Bertz CT molecular complexity index is 529. The van der Waals surface area contributed by atoms with Crippen molar-refractivity contribution >= 4 is 17.5 Å². The van der Waals surface area contributed by atoms with Gasteiger partial charge >= 0.3 is 11.8 Å². The van der Waals surface area contributed by atoms with Crippen LogP contribution in [0.15, 0.2) is 24.3 Å². The summed E-state index contributed by atoms with van der Waals surface area (Å²) in [5, 5.41) is 13.8. The van der Waals surface area contributed by atoms with E-state index in [-0.39, 0.29) is 19.2 Å². The zero-order valence-electron chi connectivity index (χ0n) is 14.9. The van der Waals surface area contributed by atoms with E-state index in [1.807, 2.05) is 62.3 Å². The fourth-order valence-corrected chi connectivity index (χ4v) is 2.22. The molecule has 7 heteroatoms. The number of nitrogens with one attached hydrogen (secondary N) is 2. The van der Waals surface area contributed by atoms with Gasteiger partial charge in [0.15, 0.2) is 0 Å². The number of benzene rings is 1. The Balaban J connectivity index is 2.63. The highest BCUT2D eigenvalue weighted by Gasteiger charge is 2.18. The summed E-state index contributed by atoms with van der Waals surface area (Å²) in [6.07, 6.45) is 0.428. The maximum atomic E-state index is 11.8. The molecule has 0 aliphatic heterocycles. The summed E-state index contributed by atoms with van der Waals surface area (Å²) in [7, 11) is 7.82. The van der Waals surface area contributed by atoms with Crippen molar-refractivity contribution in [2.45, 2.75) is 12.5 Å². The zero-order chi connectivity index (χ0) is 18.1.